The normalized spacial score (nSPS) is 8.43. The minimum absolute atomic E-state index is 0.0278. The minimum Gasteiger partial charge on any atom is -0.478 e. The van der Waals surface area contributed by atoms with E-state index >= 15 is 0 Å². The van der Waals surface area contributed by atoms with Crippen molar-refractivity contribution in [3.63, 3.8) is 0 Å². The van der Waals surface area contributed by atoms with Crippen molar-refractivity contribution in [2.24, 2.45) is 0 Å². The largest absolute Gasteiger partial charge is 0.478 e. The fraction of sp³-hybridized carbons (Fsp3) is 0.200. The Bertz CT molecular complexity index is 280. The summed E-state index contributed by atoms with van der Waals surface area (Å²) in [5.74, 6) is -2.40. The third-order valence-electron chi connectivity index (χ3n) is 1.37. The molecule has 0 aromatic heterocycles. The van der Waals surface area contributed by atoms with Gasteiger partial charge in [-0.3, -0.25) is 0 Å². The first kappa shape index (κ1) is 12.2. The molecule has 0 bridgehead atoms. The van der Waals surface area contributed by atoms with E-state index < -0.39 is 11.9 Å². The molecule has 0 saturated carbocycles. The number of hydrogen-bond donors (Lipinski definition) is 1. The van der Waals surface area contributed by atoms with Gasteiger partial charge in [0.1, 0.15) is 0 Å². The highest BCUT2D eigenvalue weighted by Crippen LogP contribution is 2.03. The van der Waals surface area contributed by atoms with E-state index in [0.29, 0.717) is 0 Å². The Balaban J connectivity index is 0.000000791. The molecule has 1 aromatic rings. The lowest BCUT2D eigenvalue weighted by Crippen LogP contribution is -1.98. The summed E-state index contributed by atoms with van der Waals surface area (Å²) in [5.41, 5.74) is 0.0278. The molecule has 4 heteroatoms. The smallest absolute Gasteiger partial charge is 0.386 e. The van der Waals surface area contributed by atoms with Crippen LogP contribution >= 0.6 is 0 Å². The van der Waals surface area contributed by atoms with Gasteiger partial charge in [-0.25, -0.2) is 14.7 Å². The zero-order valence-corrected chi connectivity index (χ0v) is 7.98. The van der Waals surface area contributed by atoms with Crippen molar-refractivity contribution in [1.29, 1.82) is 0 Å². The maximum atomic E-state index is 10.3. The molecule has 1 N–H and O–H groups in total. The second-order valence-electron chi connectivity index (χ2n) is 2.17. The van der Waals surface area contributed by atoms with E-state index in [1.165, 1.54) is 24.3 Å². The lowest BCUT2D eigenvalue weighted by molar-refractivity contribution is 0.0571. The predicted octanol–water partition coefficient (Wildman–Crippen LogP) is 1.98. The standard InChI is InChI=1S/C8H5O4.C2H6/c9-7(10)5-1-2-6(4-3-5)8(11)12;1-2/h1-4H,(H,9,10);1-2H3. The average molecular weight is 195 g/mol. The Kier molecular flexibility index (Phi) is 4.99. The molecule has 14 heavy (non-hydrogen) atoms. The number of carbonyl (C=O) groups excluding carboxylic acids is 1. The van der Waals surface area contributed by atoms with Crippen LogP contribution in [0.25, 0.3) is 0 Å². The summed E-state index contributed by atoms with van der Waals surface area (Å²) >= 11 is 0. The Morgan fingerprint density at radius 2 is 1.36 bits per heavy atom. The first-order valence-corrected chi connectivity index (χ1v) is 4.16. The fourth-order valence-corrected chi connectivity index (χ4v) is 0.749. The van der Waals surface area contributed by atoms with Crippen LogP contribution in [-0.2, 0) is 5.11 Å². The summed E-state index contributed by atoms with van der Waals surface area (Å²) in [6, 6.07) is 4.82. The molecule has 0 aliphatic heterocycles. The molecule has 0 amide bonds. The molecule has 1 rings (SSSR count). The molecule has 0 heterocycles. The monoisotopic (exact) mass is 195 g/mol. The molecular weight excluding hydrogens is 184 g/mol. The maximum absolute atomic E-state index is 10.3. The molecule has 0 spiro atoms. The second-order valence-corrected chi connectivity index (χ2v) is 2.17. The van der Waals surface area contributed by atoms with Crippen LogP contribution < -0.4 is 0 Å². The first-order valence-electron chi connectivity index (χ1n) is 4.16. The fourth-order valence-electron chi connectivity index (χ4n) is 0.749. The average Bonchev–Trinajstić information content (AvgIpc) is 2.21. The SMILES string of the molecule is CC.[O]C(=O)c1ccc(C(=O)O)cc1. The number of aromatic carboxylic acids is 1. The van der Waals surface area contributed by atoms with E-state index in [9.17, 15) is 14.7 Å². The van der Waals surface area contributed by atoms with Crippen molar-refractivity contribution in [3.05, 3.63) is 35.4 Å². The van der Waals surface area contributed by atoms with Gasteiger partial charge >= 0.3 is 11.9 Å². The van der Waals surface area contributed by atoms with Gasteiger partial charge in [-0.2, -0.15) is 0 Å². The van der Waals surface area contributed by atoms with E-state index in [2.05, 4.69) is 0 Å². The van der Waals surface area contributed by atoms with Gasteiger partial charge in [-0.05, 0) is 24.3 Å². The molecular formula is C10H11O4. The van der Waals surface area contributed by atoms with E-state index in [-0.39, 0.29) is 11.1 Å². The summed E-state index contributed by atoms with van der Waals surface area (Å²) in [6.45, 7) is 4.00. The van der Waals surface area contributed by atoms with Crippen molar-refractivity contribution in [1.82, 2.24) is 0 Å². The summed E-state index contributed by atoms with van der Waals surface area (Å²) < 4.78 is 0. The molecule has 0 unspecified atom stereocenters. The molecule has 75 valence electrons. The molecule has 0 saturated heterocycles. The maximum Gasteiger partial charge on any atom is 0.386 e. The Morgan fingerprint density at radius 1 is 1.00 bits per heavy atom. The Hall–Kier alpha value is -1.84. The topological polar surface area (TPSA) is 74.3 Å². The van der Waals surface area contributed by atoms with Crippen LogP contribution in [0.1, 0.15) is 34.6 Å². The van der Waals surface area contributed by atoms with Crippen LogP contribution in [0, 0.1) is 0 Å². The van der Waals surface area contributed by atoms with E-state index in [0.717, 1.165) is 0 Å². The zero-order valence-electron chi connectivity index (χ0n) is 7.98. The number of rotatable bonds is 2. The van der Waals surface area contributed by atoms with Gasteiger partial charge in [0.15, 0.2) is 0 Å². The van der Waals surface area contributed by atoms with Crippen LogP contribution in [0.4, 0.5) is 0 Å². The molecule has 4 nitrogen and oxygen atoms in total. The van der Waals surface area contributed by atoms with Crippen molar-refractivity contribution >= 4 is 11.9 Å². The highest BCUT2D eigenvalue weighted by Gasteiger charge is 2.06. The van der Waals surface area contributed by atoms with Crippen molar-refractivity contribution in [2.45, 2.75) is 13.8 Å². The highest BCUT2D eigenvalue weighted by molar-refractivity contribution is 5.91. The molecule has 1 aromatic carbocycles. The van der Waals surface area contributed by atoms with Gasteiger partial charge in [0.05, 0.1) is 11.1 Å². The number of hydrogen-bond acceptors (Lipinski definition) is 2. The number of carboxylic acid groups (broad SMARTS) is 1. The summed E-state index contributed by atoms with van der Waals surface area (Å²) in [4.78, 5) is 20.5. The van der Waals surface area contributed by atoms with Crippen LogP contribution in [0.2, 0.25) is 0 Å². The van der Waals surface area contributed by atoms with Crippen LogP contribution in [0.5, 0.6) is 0 Å². The van der Waals surface area contributed by atoms with Crippen LogP contribution in [0.15, 0.2) is 24.3 Å². The summed E-state index contributed by atoms with van der Waals surface area (Å²) in [7, 11) is 0. The lowest BCUT2D eigenvalue weighted by Gasteiger charge is -1.93. The van der Waals surface area contributed by atoms with Gasteiger partial charge in [-0.1, -0.05) is 13.8 Å². The lowest BCUT2D eigenvalue weighted by atomic mass is 10.1. The van der Waals surface area contributed by atoms with E-state index in [1.54, 1.807) is 0 Å². The molecule has 0 atom stereocenters. The summed E-state index contributed by atoms with van der Waals surface area (Å²) in [5, 5.41) is 18.7. The zero-order chi connectivity index (χ0) is 11.1. The highest BCUT2D eigenvalue weighted by atomic mass is 16.4. The number of carbonyl (C=O) groups is 2. The van der Waals surface area contributed by atoms with E-state index in [4.69, 9.17) is 5.11 Å². The van der Waals surface area contributed by atoms with Gasteiger partial charge in [0.25, 0.3) is 0 Å². The van der Waals surface area contributed by atoms with Crippen molar-refractivity contribution in [2.75, 3.05) is 0 Å². The molecule has 0 aliphatic carbocycles. The number of benzene rings is 1. The van der Waals surface area contributed by atoms with Crippen molar-refractivity contribution < 1.29 is 19.8 Å². The van der Waals surface area contributed by atoms with Gasteiger partial charge in [-0.15, -0.1) is 0 Å². The van der Waals surface area contributed by atoms with Gasteiger partial charge < -0.3 is 5.11 Å². The van der Waals surface area contributed by atoms with E-state index in [1.807, 2.05) is 13.8 Å². The Labute approximate surface area is 81.8 Å². The minimum atomic E-state index is -1.31. The van der Waals surface area contributed by atoms with Gasteiger partial charge in [0.2, 0.25) is 0 Å². The van der Waals surface area contributed by atoms with Crippen molar-refractivity contribution in [3.8, 4) is 0 Å². The van der Waals surface area contributed by atoms with Crippen LogP contribution in [-0.4, -0.2) is 17.0 Å². The molecule has 0 fully saturated rings. The first-order chi connectivity index (χ1) is 6.61. The summed E-state index contributed by atoms with van der Waals surface area (Å²) in [6.07, 6.45) is 0. The number of carboxylic acids is 1. The van der Waals surface area contributed by atoms with Gasteiger partial charge in [0, 0.05) is 0 Å². The molecule has 0 aliphatic rings. The van der Waals surface area contributed by atoms with Crippen LogP contribution in [0.3, 0.4) is 0 Å². The Morgan fingerprint density at radius 3 is 1.64 bits per heavy atom. The predicted molar refractivity (Wildman–Crippen MR) is 49.8 cm³/mol. The second kappa shape index (κ2) is 5.75. The molecule has 1 radical (unpaired) electrons. The third kappa shape index (κ3) is 3.26. The quantitative estimate of drug-likeness (QED) is 0.783. The third-order valence-corrected chi connectivity index (χ3v) is 1.37.